The first-order chi connectivity index (χ1) is 7.45. The molecule has 88 valence electrons. The number of hydrogen-bond donors (Lipinski definition) is 0. The van der Waals surface area contributed by atoms with Gasteiger partial charge in [0, 0.05) is 5.69 Å². The minimum absolute atomic E-state index is 0.0292. The highest BCUT2D eigenvalue weighted by molar-refractivity contribution is 6.31. The molecule has 0 bridgehead atoms. The molecule has 0 radical (unpaired) electrons. The average molecular weight is 250 g/mol. The molecule has 3 nitrogen and oxygen atoms in total. The van der Waals surface area contributed by atoms with Crippen LogP contribution in [0.5, 0.6) is 0 Å². The molecule has 1 aromatic rings. The zero-order valence-electron chi connectivity index (χ0n) is 8.76. The second-order valence-corrected chi connectivity index (χ2v) is 3.56. The smallest absolute Gasteiger partial charge is 0.310 e. The third-order valence-electron chi connectivity index (χ3n) is 2.07. The molecule has 0 N–H and O–H groups in total. The third-order valence-corrected chi connectivity index (χ3v) is 2.37. The lowest BCUT2D eigenvalue weighted by molar-refractivity contribution is -0.139. The molecule has 0 unspecified atom stereocenters. The molecule has 0 fully saturated rings. The van der Waals surface area contributed by atoms with E-state index in [1.54, 1.807) is 6.92 Å². The van der Waals surface area contributed by atoms with E-state index in [0.29, 0.717) is 11.3 Å². The van der Waals surface area contributed by atoms with Gasteiger partial charge in [-0.2, -0.15) is 0 Å². The summed E-state index contributed by atoms with van der Waals surface area (Å²) in [4.78, 5) is 14.7. The van der Waals surface area contributed by atoms with Gasteiger partial charge in [-0.3, -0.25) is 9.78 Å². The number of rotatable bonds is 3. The van der Waals surface area contributed by atoms with Crippen LogP contribution in [-0.4, -0.2) is 18.1 Å². The summed E-state index contributed by atoms with van der Waals surface area (Å²) in [6.45, 7) is 1.54. The highest BCUT2D eigenvalue weighted by atomic mass is 35.5. The Morgan fingerprint density at radius 1 is 1.62 bits per heavy atom. The minimum Gasteiger partial charge on any atom is -0.469 e. The van der Waals surface area contributed by atoms with Crippen molar-refractivity contribution >= 4 is 17.6 Å². The van der Waals surface area contributed by atoms with Gasteiger partial charge in [0.15, 0.2) is 0 Å². The van der Waals surface area contributed by atoms with Crippen LogP contribution in [0.25, 0.3) is 0 Å². The molecule has 0 spiro atoms. The first-order valence-electron chi connectivity index (χ1n) is 4.46. The predicted octanol–water partition coefficient (Wildman–Crippen LogP) is 2.70. The molecule has 1 heterocycles. The van der Waals surface area contributed by atoms with Crippen LogP contribution in [0.2, 0.25) is 5.02 Å². The highest BCUT2D eigenvalue weighted by Gasteiger charge is 2.17. The summed E-state index contributed by atoms with van der Waals surface area (Å²) < 4.78 is 29.3. The van der Waals surface area contributed by atoms with Crippen molar-refractivity contribution in [1.29, 1.82) is 0 Å². The van der Waals surface area contributed by atoms with Crippen LogP contribution >= 0.6 is 11.6 Å². The molecule has 0 aliphatic rings. The van der Waals surface area contributed by atoms with Crippen LogP contribution in [0.15, 0.2) is 6.07 Å². The maximum absolute atomic E-state index is 12.4. The number of esters is 1. The summed E-state index contributed by atoms with van der Waals surface area (Å²) in [6, 6.07) is 1.32. The zero-order chi connectivity index (χ0) is 12.3. The standard InChI is InChI=1S/C10H10ClF2NO2/c1-5-6(4-8(15)16-2)3-7(11)9(14-5)10(12)13/h3,10H,4H2,1-2H3. The summed E-state index contributed by atoms with van der Waals surface area (Å²) in [5.41, 5.74) is 0.374. The topological polar surface area (TPSA) is 39.2 Å². The number of ether oxygens (including phenoxy) is 1. The Morgan fingerprint density at radius 2 is 2.25 bits per heavy atom. The van der Waals surface area contributed by atoms with Crippen molar-refractivity contribution in [2.75, 3.05) is 7.11 Å². The van der Waals surface area contributed by atoms with Crippen molar-refractivity contribution in [3.63, 3.8) is 0 Å². The number of alkyl halides is 2. The number of nitrogens with zero attached hydrogens (tertiary/aromatic N) is 1. The molecule has 1 rings (SSSR count). The first-order valence-corrected chi connectivity index (χ1v) is 4.84. The van der Waals surface area contributed by atoms with Gasteiger partial charge in [-0.1, -0.05) is 11.6 Å². The van der Waals surface area contributed by atoms with Gasteiger partial charge in [-0.05, 0) is 18.6 Å². The van der Waals surface area contributed by atoms with Gasteiger partial charge in [0.05, 0.1) is 18.6 Å². The highest BCUT2D eigenvalue weighted by Crippen LogP contribution is 2.27. The van der Waals surface area contributed by atoms with Gasteiger partial charge in [-0.15, -0.1) is 0 Å². The van der Waals surface area contributed by atoms with Gasteiger partial charge in [0.2, 0.25) is 0 Å². The number of hydrogen-bond acceptors (Lipinski definition) is 3. The quantitative estimate of drug-likeness (QED) is 0.773. The number of methoxy groups -OCH3 is 1. The summed E-state index contributed by atoms with van der Waals surface area (Å²) in [6.07, 6.45) is -2.75. The fraction of sp³-hybridized carbons (Fsp3) is 0.400. The maximum Gasteiger partial charge on any atom is 0.310 e. The van der Waals surface area contributed by atoms with Crippen molar-refractivity contribution in [2.45, 2.75) is 19.8 Å². The summed E-state index contributed by atoms with van der Waals surface area (Å²) in [5, 5.41) is -0.139. The molecule has 0 saturated carbocycles. The normalized spacial score (nSPS) is 10.6. The second kappa shape index (κ2) is 5.21. The fourth-order valence-corrected chi connectivity index (χ4v) is 1.45. The SMILES string of the molecule is COC(=O)Cc1cc(Cl)c(C(F)F)nc1C. The van der Waals surface area contributed by atoms with Crippen LogP contribution in [-0.2, 0) is 16.0 Å². The van der Waals surface area contributed by atoms with E-state index in [4.69, 9.17) is 11.6 Å². The molecule has 0 saturated heterocycles. The Bertz CT molecular complexity index is 410. The van der Waals surface area contributed by atoms with Crippen molar-refractivity contribution in [2.24, 2.45) is 0 Å². The first kappa shape index (κ1) is 12.8. The Morgan fingerprint density at radius 3 is 2.75 bits per heavy atom. The Kier molecular flexibility index (Phi) is 4.18. The van der Waals surface area contributed by atoms with Crippen molar-refractivity contribution in [3.8, 4) is 0 Å². The average Bonchev–Trinajstić information content (AvgIpc) is 2.22. The number of aryl methyl sites for hydroxylation is 1. The Labute approximate surface area is 96.4 Å². The van der Waals surface area contributed by atoms with E-state index in [0.717, 1.165) is 0 Å². The molecular weight excluding hydrogens is 240 g/mol. The summed E-state index contributed by atoms with van der Waals surface area (Å²) in [7, 11) is 1.25. The lowest BCUT2D eigenvalue weighted by Crippen LogP contribution is -2.08. The van der Waals surface area contributed by atoms with E-state index in [2.05, 4.69) is 9.72 Å². The summed E-state index contributed by atoms with van der Waals surface area (Å²) in [5.74, 6) is -0.467. The molecule has 1 aromatic heterocycles. The van der Waals surface area contributed by atoms with Crippen molar-refractivity contribution < 1.29 is 18.3 Å². The molecule has 0 amide bonds. The van der Waals surface area contributed by atoms with Crippen LogP contribution in [0.1, 0.15) is 23.4 Å². The van der Waals surface area contributed by atoms with E-state index < -0.39 is 18.1 Å². The largest absolute Gasteiger partial charge is 0.469 e. The van der Waals surface area contributed by atoms with Gasteiger partial charge >= 0.3 is 5.97 Å². The number of halogens is 3. The molecular formula is C10H10ClF2NO2. The zero-order valence-corrected chi connectivity index (χ0v) is 9.52. The Balaban J connectivity index is 3.05. The monoisotopic (exact) mass is 249 g/mol. The molecule has 0 aliphatic carbocycles. The van der Waals surface area contributed by atoms with E-state index in [1.807, 2.05) is 0 Å². The van der Waals surface area contributed by atoms with E-state index in [1.165, 1.54) is 13.2 Å². The Hall–Kier alpha value is -1.23. The van der Waals surface area contributed by atoms with Crippen molar-refractivity contribution in [1.82, 2.24) is 4.98 Å². The molecule has 0 aromatic carbocycles. The number of carbonyl (C=O) groups is 1. The van der Waals surface area contributed by atoms with Crippen LogP contribution in [0.4, 0.5) is 8.78 Å². The molecule has 16 heavy (non-hydrogen) atoms. The number of carbonyl (C=O) groups excluding carboxylic acids is 1. The molecule has 0 aliphatic heterocycles. The number of pyridine rings is 1. The predicted molar refractivity (Wildman–Crippen MR) is 54.7 cm³/mol. The van der Waals surface area contributed by atoms with Crippen LogP contribution < -0.4 is 0 Å². The van der Waals surface area contributed by atoms with Gasteiger partial charge < -0.3 is 4.74 Å². The lowest BCUT2D eigenvalue weighted by atomic mass is 10.1. The van der Waals surface area contributed by atoms with E-state index in [9.17, 15) is 13.6 Å². The molecule has 0 atom stereocenters. The second-order valence-electron chi connectivity index (χ2n) is 3.15. The van der Waals surface area contributed by atoms with Crippen LogP contribution in [0.3, 0.4) is 0 Å². The minimum atomic E-state index is -2.72. The third kappa shape index (κ3) is 2.88. The lowest BCUT2D eigenvalue weighted by Gasteiger charge is -2.08. The maximum atomic E-state index is 12.4. The number of aromatic nitrogens is 1. The van der Waals surface area contributed by atoms with Gasteiger partial charge in [0.1, 0.15) is 5.69 Å². The van der Waals surface area contributed by atoms with Gasteiger partial charge in [-0.25, -0.2) is 8.78 Å². The fourth-order valence-electron chi connectivity index (χ4n) is 1.20. The van der Waals surface area contributed by atoms with E-state index >= 15 is 0 Å². The summed E-state index contributed by atoms with van der Waals surface area (Å²) >= 11 is 5.63. The van der Waals surface area contributed by atoms with Crippen LogP contribution in [0, 0.1) is 6.92 Å². The van der Waals surface area contributed by atoms with Crippen molar-refractivity contribution in [3.05, 3.63) is 28.0 Å². The van der Waals surface area contributed by atoms with Gasteiger partial charge in [0.25, 0.3) is 6.43 Å². The van der Waals surface area contributed by atoms with E-state index in [-0.39, 0.29) is 11.4 Å². The molecule has 6 heteroatoms.